The Morgan fingerprint density at radius 3 is 2.00 bits per heavy atom. The van der Waals surface area contributed by atoms with Crippen molar-refractivity contribution in [3.8, 4) is 0 Å². The van der Waals surface area contributed by atoms with E-state index >= 15 is 0 Å². The molecule has 2 atom stereocenters. The Labute approximate surface area is 132 Å². The Balaban J connectivity index is 1.49. The number of hydrogen-bond donors (Lipinski definition) is 1. The number of ether oxygens (including phenoxy) is 1. The highest BCUT2D eigenvalue weighted by molar-refractivity contribution is 5.86. The van der Waals surface area contributed by atoms with Crippen molar-refractivity contribution in [1.82, 2.24) is 0 Å². The molecule has 0 aromatic heterocycles. The number of rotatable bonds is 7. The summed E-state index contributed by atoms with van der Waals surface area (Å²) in [5.74, 6) is 0.538. The van der Waals surface area contributed by atoms with Crippen molar-refractivity contribution in [2.75, 3.05) is 13.2 Å². The number of carbonyl (C=O) groups is 2. The maximum atomic E-state index is 12.1. The van der Waals surface area contributed by atoms with Gasteiger partial charge in [-0.05, 0) is 61.7 Å². The molecule has 4 aliphatic carbocycles. The molecule has 0 radical (unpaired) electrons. The third kappa shape index (κ3) is 3.08. The van der Waals surface area contributed by atoms with E-state index in [2.05, 4.69) is 0 Å². The van der Waals surface area contributed by atoms with Gasteiger partial charge in [-0.15, -0.1) is 0 Å². The number of hydrogen-bond acceptors (Lipinski definition) is 3. The smallest absolute Gasteiger partial charge is 0.306 e. The van der Waals surface area contributed by atoms with Gasteiger partial charge in [0.2, 0.25) is 0 Å². The van der Waals surface area contributed by atoms with Crippen LogP contribution in [-0.2, 0) is 14.3 Å². The zero-order valence-electron chi connectivity index (χ0n) is 13.7. The quantitative estimate of drug-likeness (QED) is 0.784. The van der Waals surface area contributed by atoms with Crippen molar-refractivity contribution in [3.05, 3.63) is 0 Å². The molecule has 4 heteroatoms. The number of carboxylic acids is 1. The minimum Gasteiger partial charge on any atom is -0.481 e. The average molecular weight is 308 g/mol. The Bertz CT molecular complexity index is 421. The zero-order valence-corrected chi connectivity index (χ0v) is 13.7. The van der Waals surface area contributed by atoms with E-state index in [1.54, 1.807) is 13.8 Å². The van der Waals surface area contributed by atoms with Crippen molar-refractivity contribution in [1.29, 1.82) is 0 Å². The van der Waals surface area contributed by atoms with Gasteiger partial charge in [0.25, 0.3) is 0 Å². The molecule has 22 heavy (non-hydrogen) atoms. The van der Waals surface area contributed by atoms with E-state index in [0.29, 0.717) is 12.0 Å². The summed E-state index contributed by atoms with van der Waals surface area (Å²) < 4.78 is 5.79. The number of carbonyl (C=O) groups excluding carboxylic acids is 1. The lowest BCUT2D eigenvalue weighted by atomic mass is 9.50. The topological polar surface area (TPSA) is 63.6 Å². The molecule has 0 heterocycles. The third-order valence-corrected chi connectivity index (χ3v) is 6.47. The van der Waals surface area contributed by atoms with E-state index in [1.165, 1.54) is 38.5 Å². The lowest BCUT2D eigenvalue weighted by Gasteiger charge is -2.56. The molecule has 4 nitrogen and oxygen atoms in total. The minimum atomic E-state index is -0.915. The molecule has 2 unspecified atom stereocenters. The summed E-state index contributed by atoms with van der Waals surface area (Å²) >= 11 is 0. The number of ketones is 1. The molecule has 1 N–H and O–H groups in total. The number of aliphatic carboxylic acids is 1. The summed E-state index contributed by atoms with van der Waals surface area (Å²) in [5, 5.41) is 8.99. The number of Topliss-reactive ketones (excluding diaryl/α,β-unsaturated/α-hetero) is 1. The summed E-state index contributed by atoms with van der Waals surface area (Å²) in [5.41, 5.74) is 0.316. The highest BCUT2D eigenvalue weighted by atomic mass is 16.5. The van der Waals surface area contributed by atoms with Crippen molar-refractivity contribution >= 4 is 11.8 Å². The first-order valence-electron chi connectivity index (χ1n) is 8.72. The van der Waals surface area contributed by atoms with Gasteiger partial charge in [-0.1, -0.05) is 13.8 Å². The minimum absolute atomic E-state index is 0.0700. The molecular formula is C18H28O4. The highest BCUT2D eigenvalue weighted by Gasteiger charge is 2.50. The van der Waals surface area contributed by atoms with Gasteiger partial charge in [-0.25, -0.2) is 0 Å². The van der Waals surface area contributed by atoms with Gasteiger partial charge in [0.05, 0.1) is 12.5 Å². The predicted octanol–water partition coefficient (Wildman–Crippen LogP) is 3.15. The van der Waals surface area contributed by atoms with Crippen LogP contribution in [0.15, 0.2) is 0 Å². The zero-order chi connectivity index (χ0) is 15.9. The van der Waals surface area contributed by atoms with Crippen LogP contribution in [0.2, 0.25) is 0 Å². The maximum Gasteiger partial charge on any atom is 0.306 e. The fourth-order valence-electron chi connectivity index (χ4n) is 5.46. The lowest BCUT2D eigenvalue weighted by Crippen LogP contribution is -2.48. The molecule has 0 aromatic carbocycles. The summed E-state index contributed by atoms with van der Waals surface area (Å²) in [6.45, 7) is 4.04. The van der Waals surface area contributed by atoms with Crippen LogP contribution in [0.5, 0.6) is 0 Å². The summed E-state index contributed by atoms with van der Waals surface area (Å²) in [6, 6.07) is 0. The third-order valence-electron chi connectivity index (χ3n) is 6.47. The fraction of sp³-hybridized carbons (Fsp3) is 0.889. The highest BCUT2D eigenvalue weighted by Crippen LogP contribution is 2.60. The van der Waals surface area contributed by atoms with Gasteiger partial charge in [0.1, 0.15) is 6.61 Å². The summed E-state index contributed by atoms with van der Waals surface area (Å²) in [6.07, 6.45) is 8.04. The molecule has 4 rings (SSSR count). The largest absolute Gasteiger partial charge is 0.481 e. The molecule has 0 aromatic rings. The lowest BCUT2D eigenvalue weighted by molar-refractivity contribution is -0.147. The molecule has 0 aliphatic heterocycles. The standard InChI is InChI=1S/C18H28O4/c1-11(12(2)17(20)21)16(19)9-22-10-18-6-13-3-14(7-18)5-15(4-13)8-18/h11-15H,3-10H2,1-2H3,(H,20,21). The first-order valence-corrected chi connectivity index (χ1v) is 8.72. The molecule has 4 fully saturated rings. The van der Waals surface area contributed by atoms with Crippen LogP contribution in [0.4, 0.5) is 0 Å². The van der Waals surface area contributed by atoms with Gasteiger partial charge < -0.3 is 9.84 Å². The maximum absolute atomic E-state index is 12.1. The predicted molar refractivity (Wildman–Crippen MR) is 82.4 cm³/mol. The Morgan fingerprint density at radius 2 is 1.55 bits per heavy atom. The van der Waals surface area contributed by atoms with Gasteiger partial charge in [0, 0.05) is 5.92 Å². The van der Waals surface area contributed by atoms with Crippen LogP contribution < -0.4 is 0 Å². The van der Waals surface area contributed by atoms with E-state index in [1.807, 2.05) is 0 Å². The van der Waals surface area contributed by atoms with Gasteiger partial charge in [0.15, 0.2) is 5.78 Å². The van der Waals surface area contributed by atoms with E-state index in [-0.39, 0.29) is 12.4 Å². The van der Waals surface area contributed by atoms with Gasteiger partial charge in [-0.3, -0.25) is 9.59 Å². The molecule has 0 spiro atoms. The second-order valence-electron chi connectivity index (χ2n) is 8.29. The van der Waals surface area contributed by atoms with Crippen LogP contribution in [0.3, 0.4) is 0 Å². The first kappa shape index (κ1) is 16.0. The van der Waals surface area contributed by atoms with Crippen LogP contribution in [0.1, 0.15) is 52.4 Å². The molecule has 0 amide bonds. The van der Waals surface area contributed by atoms with E-state index in [0.717, 1.165) is 17.8 Å². The second kappa shape index (κ2) is 5.95. The molecule has 4 bridgehead atoms. The number of carboxylic acid groups (broad SMARTS) is 1. The van der Waals surface area contributed by atoms with E-state index in [9.17, 15) is 9.59 Å². The summed E-state index contributed by atoms with van der Waals surface area (Å²) in [7, 11) is 0. The summed E-state index contributed by atoms with van der Waals surface area (Å²) in [4.78, 5) is 23.0. The molecule has 0 saturated heterocycles. The first-order chi connectivity index (χ1) is 10.4. The fourth-order valence-corrected chi connectivity index (χ4v) is 5.46. The van der Waals surface area contributed by atoms with Crippen molar-refractivity contribution in [2.45, 2.75) is 52.4 Å². The van der Waals surface area contributed by atoms with E-state index in [4.69, 9.17) is 9.84 Å². The van der Waals surface area contributed by atoms with Crippen molar-refractivity contribution < 1.29 is 19.4 Å². The Kier molecular flexibility index (Phi) is 4.32. The SMILES string of the molecule is CC(C(=O)O)C(C)C(=O)COCC12CC3CC(CC(C3)C1)C2. The van der Waals surface area contributed by atoms with Crippen LogP contribution in [0, 0.1) is 35.0 Å². The van der Waals surface area contributed by atoms with Crippen LogP contribution >= 0.6 is 0 Å². The van der Waals surface area contributed by atoms with Crippen LogP contribution in [0.25, 0.3) is 0 Å². The van der Waals surface area contributed by atoms with E-state index < -0.39 is 17.8 Å². The monoisotopic (exact) mass is 308 g/mol. The van der Waals surface area contributed by atoms with Gasteiger partial charge in [-0.2, -0.15) is 0 Å². The second-order valence-corrected chi connectivity index (χ2v) is 8.29. The molecule has 124 valence electrons. The molecular weight excluding hydrogens is 280 g/mol. The van der Waals surface area contributed by atoms with Crippen molar-refractivity contribution in [2.24, 2.45) is 35.0 Å². The average Bonchev–Trinajstić information content (AvgIpc) is 2.43. The van der Waals surface area contributed by atoms with Crippen LogP contribution in [-0.4, -0.2) is 30.1 Å². The normalized spacial score (nSPS) is 38.7. The molecule has 4 aliphatic rings. The Morgan fingerprint density at radius 1 is 1.05 bits per heavy atom. The van der Waals surface area contributed by atoms with Gasteiger partial charge >= 0.3 is 5.97 Å². The van der Waals surface area contributed by atoms with Crippen molar-refractivity contribution in [3.63, 3.8) is 0 Å². The molecule has 4 saturated carbocycles. The Hall–Kier alpha value is -0.900.